The average molecular weight is 349 g/mol. The summed E-state index contributed by atoms with van der Waals surface area (Å²) in [7, 11) is 0. The molecule has 0 aliphatic carbocycles. The van der Waals surface area contributed by atoms with Crippen LogP contribution in [-0.2, 0) is 5.54 Å². The van der Waals surface area contributed by atoms with E-state index in [0.29, 0.717) is 0 Å². The van der Waals surface area contributed by atoms with Crippen LogP contribution in [0.25, 0.3) is 10.2 Å². The third kappa shape index (κ3) is 2.37. The number of hydrogen-bond donors (Lipinski definition) is 3. The zero-order valence-corrected chi connectivity index (χ0v) is 14.5. The molecule has 0 fully saturated rings. The van der Waals surface area contributed by atoms with Crippen molar-refractivity contribution < 1.29 is 0 Å². The summed E-state index contributed by atoms with van der Waals surface area (Å²) in [5.41, 5.74) is 12.6. The predicted octanol–water partition coefficient (Wildman–Crippen LogP) is 2.19. The number of nitrogens with two attached hydrogens (primary N) is 1. The van der Waals surface area contributed by atoms with Crippen LogP contribution in [0.5, 0.6) is 0 Å². The van der Waals surface area contributed by atoms with Gasteiger partial charge in [0.2, 0.25) is 0 Å². The van der Waals surface area contributed by atoms with Crippen LogP contribution < -0.4 is 16.4 Å². The van der Waals surface area contributed by atoms with Crippen LogP contribution in [0.4, 0.5) is 0 Å². The number of hydrogen-bond acceptors (Lipinski definition) is 6. The van der Waals surface area contributed by atoms with Crippen LogP contribution in [0.1, 0.15) is 12.0 Å². The number of amidine groups is 1. The van der Waals surface area contributed by atoms with Crippen molar-refractivity contribution in [3.8, 4) is 0 Å². The lowest BCUT2D eigenvalue weighted by atomic mass is 9.81. The smallest absolute Gasteiger partial charge is 0.131 e. The fourth-order valence-electron chi connectivity index (χ4n) is 3.74. The van der Waals surface area contributed by atoms with E-state index in [4.69, 9.17) is 10.7 Å². The summed E-state index contributed by atoms with van der Waals surface area (Å²) in [6.45, 7) is 1.93. The average Bonchev–Trinajstić information content (AvgIpc) is 3.29. The van der Waals surface area contributed by atoms with Gasteiger partial charge in [0.25, 0.3) is 0 Å². The van der Waals surface area contributed by atoms with E-state index in [1.807, 2.05) is 23.9 Å². The Morgan fingerprint density at radius 1 is 1.32 bits per heavy atom. The molecule has 0 amide bonds. The van der Waals surface area contributed by atoms with E-state index in [1.54, 1.807) is 11.3 Å². The Kier molecular flexibility index (Phi) is 3.38. The zero-order valence-electron chi connectivity index (χ0n) is 13.7. The Bertz CT molecular complexity index is 967. The summed E-state index contributed by atoms with van der Waals surface area (Å²) in [4.78, 5) is 9.25. The SMILES string of the molecule is NC1(c2ccc3ncsc3c2)C=CNC2=NC(C3=CCNCC3)C=C21. The van der Waals surface area contributed by atoms with E-state index in [9.17, 15) is 0 Å². The third-order valence-corrected chi connectivity index (χ3v) is 5.94. The summed E-state index contributed by atoms with van der Waals surface area (Å²) in [5.74, 6) is 0.888. The molecule has 4 heterocycles. The molecule has 0 radical (unpaired) electrons. The van der Waals surface area contributed by atoms with Crippen molar-refractivity contribution in [2.45, 2.75) is 18.0 Å². The molecular formula is C19H19N5S. The van der Waals surface area contributed by atoms with E-state index in [2.05, 4.69) is 39.9 Å². The first-order valence-electron chi connectivity index (χ1n) is 8.51. The molecule has 1 aromatic carbocycles. The van der Waals surface area contributed by atoms with Crippen LogP contribution in [0.3, 0.4) is 0 Å². The Morgan fingerprint density at radius 2 is 2.28 bits per heavy atom. The van der Waals surface area contributed by atoms with Crippen molar-refractivity contribution in [3.63, 3.8) is 0 Å². The van der Waals surface area contributed by atoms with Crippen LogP contribution in [0, 0.1) is 0 Å². The molecule has 4 N–H and O–H groups in total. The maximum atomic E-state index is 6.89. The van der Waals surface area contributed by atoms with Gasteiger partial charge in [0.15, 0.2) is 0 Å². The predicted molar refractivity (Wildman–Crippen MR) is 103 cm³/mol. The molecule has 5 rings (SSSR count). The highest BCUT2D eigenvalue weighted by molar-refractivity contribution is 7.16. The lowest BCUT2D eigenvalue weighted by Gasteiger charge is -2.32. The maximum Gasteiger partial charge on any atom is 0.131 e. The number of rotatable bonds is 2. The molecule has 2 unspecified atom stereocenters. The van der Waals surface area contributed by atoms with Crippen LogP contribution in [0.15, 0.2) is 64.3 Å². The highest BCUT2D eigenvalue weighted by Crippen LogP contribution is 2.37. The van der Waals surface area contributed by atoms with E-state index >= 15 is 0 Å². The van der Waals surface area contributed by atoms with Gasteiger partial charge in [-0.2, -0.15) is 0 Å². The van der Waals surface area contributed by atoms with Crippen molar-refractivity contribution in [2.75, 3.05) is 13.1 Å². The number of nitrogens with zero attached hydrogens (tertiary/aromatic N) is 2. The first-order chi connectivity index (χ1) is 12.2. The lowest BCUT2D eigenvalue weighted by Crippen LogP contribution is -2.45. The van der Waals surface area contributed by atoms with Crippen molar-refractivity contribution in [3.05, 3.63) is 64.8 Å². The molecule has 3 aliphatic heterocycles. The molecule has 1 aromatic heterocycles. The van der Waals surface area contributed by atoms with E-state index in [1.165, 1.54) is 5.57 Å². The fourth-order valence-corrected chi connectivity index (χ4v) is 4.45. The standard InChI is InChI=1S/C19H19N5S/c20-19(13-1-2-15-17(9-13)25-11-23-15)5-8-22-18-14(19)10-16(24-18)12-3-6-21-7-4-12/h1-3,5,8-11,16,21H,4,6-7,20H2,(H,22,24). The first-order valence-corrected chi connectivity index (χ1v) is 9.39. The minimum atomic E-state index is -0.662. The van der Waals surface area contributed by atoms with Crippen molar-refractivity contribution in [1.82, 2.24) is 15.6 Å². The minimum Gasteiger partial charge on any atom is -0.347 e. The number of thiazole rings is 1. The first kappa shape index (κ1) is 15.0. The number of aromatic nitrogens is 1. The number of benzene rings is 1. The van der Waals surface area contributed by atoms with Gasteiger partial charge in [-0.25, -0.2) is 4.98 Å². The summed E-state index contributed by atoms with van der Waals surface area (Å²) in [5, 5.41) is 6.63. The molecule has 126 valence electrons. The lowest BCUT2D eigenvalue weighted by molar-refractivity contribution is 0.668. The Labute approximate surface area is 150 Å². The van der Waals surface area contributed by atoms with E-state index < -0.39 is 5.54 Å². The Hall–Kier alpha value is -2.28. The Morgan fingerprint density at radius 3 is 3.16 bits per heavy atom. The van der Waals surface area contributed by atoms with Crippen molar-refractivity contribution in [1.29, 1.82) is 0 Å². The van der Waals surface area contributed by atoms with Gasteiger partial charge in [0.05, 0.1) is 27.3 Å². The summed E-state index contributed by atoms with van der Waals surface area (Å²) >= 11 is 1.64. The quantitative estimate of drug-likeness (QED) is 0.727. The number of nitrogens with one attached hydrogen (secondary N) is 2. The van der Waals surface area contributed by atoms with Gasteiger partial charge in [-0.1, -0.05) is 12.1 Å². The Balaban J connectivity index is 1.58. The maximum absolute atomic E-state index is 6.89. The van der Waals surface area contributed by atoms with Gasteiger partial charge < -0.3 is 16.4 Å². The highest BCUT2D eigenvalue weighted by Gasteiger charge is 2.38. The monoisotopic (exact) mass is 349 g/mol. The van der Waals surface area contributed by atoms with Gasteiger partial charge in [0, 0.05) is 18.3 Å². The van der Waals surface area contributed by atoms with Crippen molar-refractivity contribution >= 4 is 27.4 Å². The summed E-state index contributed by atoms with van der Waals surface area (Å²) in [6, 6.07) is 6.37. The van der Waals surface area contributed by atoms with Gasteiger partial charge in [-0.15, -0.1) is 11.3 Å². The molecule has 2 atom stereocenters. The van der Waals surface area contributed by atoms with Crippen molar-refractivity contribution in [2.24, 2.45) is 10.7 Å². The largest absolute Gasteiger partial charge is 0.347 e. The topological polar surface area (TPSA) is 75.3 Å². The molecule has 0 saturated carbocycles. The number of fused-ring (bicyclic) bond motifs is 2. The molecule has 3 aliphatic rings. The normalized spacial score (nSPS) is 28.2. The molecule has 25 heavy (non-hydrogen) atoms. The molecule has 5 nitrogen and oxygen atoms in total. The van der Waals surface area contributed by atoms with E-state index in [-0.39, 0.29) is 6.04 Å². The molecule has 6 heteroatoms. The van der Waals surface area contributed by atoms with Crippen LogP contribution in [0.2, 0.25) is 0 Å². The third-order valence-electron chi connectivity index (χ3n) is 5.15. The van der Waals surface area contributed by atoms with Crippen LogP contribution in [-0.4, -0.2) is 30.0 Å². The number of aliphatic imine (C=N–C) groups is 1. The van der Waals surface area contributed by atoms with E-state index in [0.717, 1.165) is 46.7 Å². The summed E-state index contributed by atoms with van der Waals surface area (Å²) in [6.07, 6.45) is 9.44. The van der Waals surface area contributed by atoms with Gasteiger partial charge >= 0.3 is 0 Å². The summed E-state index contributed by atoms with van der Waals surface area (Å²) < 4.78 is 1.16. The highest BCUT2D eigenvalue weighted by atomic mass is 32.1. The second kappa shape index (κ2) is 5.62. The fraction of sp³-hybridized carbons (Fsp3) is 0.263. The molecule has 0 spiro atoms. The van der Waals surface area contributed by atoms with Gasteiger partial charge in [0.1, 0.15) is 5.84 Å². The zero-order chi connectivity index (χ0) is 16.9. The molecule has 0 saturated heterocycles. The second-order valence-electron chi connectivity index (χ2n) is 6.62. The van der Waals surface area contributed by atoms with Gasteiger partial charge in [-0.05, 0) is 48.4 Å². The van der Waals surface area contributed by atoms with Gasteiger partial charge in [-0.3, -0.25) is 4.99 Å². The minimum absolute atomic E-state index is 0.0922. The molecular weight excluding hydrogens is 330 g/mol. The second-order valence-corrected chi connectivity index (χ2v) is 7.50. The van der Waals surface area contributed by atoms with Crippen LogP contribution >= 0.6 is 11.3 Å². The molecule has 0 bridgehead atoms. The molecule has 2 aromatic rings.